The first kappa shape index (κ1) is 10.9. The second-order valence-corrected chi connectivity index (χ2v) is 3.20. The van der Waals surface area contributed by atoms with Gasteiger partial charge < -0.3 is 10.2 Å². The largest absolute Gasteiger partial charge is 0.396 e. The third-order valence-electron chi connectivity index (χ3n) is 2.18. The molecular formula is C11H15NO2. The Morgan fingerprint density at radius 3 is 2.86 bits per heavy atom. The van der Waals surface area contributed by atoms with Crippen LogP contribution < -0.4 is 0 Å². The number of rotatable bonds is 5. The molecule has 76 valence electrons. The van der Waals surface area contributed by atoms with Crippen molar-refractivity contribution >= 4 is 0 Å². The molecule has 3 heteroatoms. The molecule has 0 fully saturated rings. The summed E-state index contributed by atoms with van der Waals surface area (Å²) in [6.45, 7) is 3.53. The molecule has 0 amide bonds. The van der Waals surface area contributed by atoms with E-state index in [4.69, 9.17) is 5.11 Å². The van der Waals surface area contributed by atoms with E-state index in [1.807, 2.05) is 0 Å². The molecule has 0 unspecified atom stereocenters. The standard InChI is InChI=1S/C11H15NO2/c1-2-4-10(8-13)11(14)9-5-3-6-12-7-9/h2-3,5-7,10-11,13-14H,1,4,8H2/t10-,11-/m1/s1. The molecule has 0 spiro atoms. The quantitative estimate of drug-likeness (QED) is 0.693. The van der Waals surface area contributed by atoms with E-state index in [1.165, 1.54) is 0 Å². The van der Waals surface area contributed by atoms with Gasteiger partial charge in [-0.05, 0) is 18.1 Å². The van der Waals surface area contributed by atoms with Crippen molar-refractivity contribution in [2.45, 2.75) is 12.5 Å². The molecule has 0 saturated heterocycles. The van der Waals surface area contributed by atoms with Gasteiger partial charge in [-0.1, -0.05) is 12.1 Å². The number of nitrogens with zero attached hydrogens (tertiary/aromatic N) is 1. The van der Waals surface area contributed by atoms with E-state index < -0.39 is 6.10 Å². The van der Waals surface area contributed by atoms with Crippen LogP contribution in [0.25, 0.3) is 0 Å². The SMILES string of the molecule is C=CC[C@H](CO)[C@H](O)c1cccnc1. The van der Waals surface area contributed by atoms with Crippen LogP contribution in [0.5, 0.6) is 0 Å². The van der Waals surface area contributed by atoms with E-state index in [0.717, 1.165) is 5.56 Å². The lowest BCUT2D eigenvalue weighted by atomic mass is 9.95. The second kappa shape index (κ2) is 5.52. The lowest BCUT2D eigenvalue weighted by Crippen LogP contribution is -2.16. The van der Waals surface area contributed by atoms with E-state index in [9.17, 15) is 5.11 Å². The maximum absolute atomic E-state index is 9.86. The Morgan fingerprint density at radius 1 is 1.57 bits per heavy atom. The third-order valence-corrected chi connectivity index (χ3v) is 2.18. The van der Waals surface area contributed by atoms with Crippen molar-refractivity contribution in [3.05, 3.63) is 42.7 Å². The fourth-order valence-corrected chi connectivity index (χ4v) is 1.34. The highest BCUT2D eigenvalue weighted by molar-refractivity contribution is 5.13. The number of aromatic nitrogens is 1. The zero-order chi connectivity index (χ0) is 10.4. The summed E-state index contributed by atoms with van der Waals surface area (Å²) < 4.78 is 0. The summed E-state index contributed by atoms with van der Waals surface area (Å²) in [5.41, 5.74) is 0.730. The maximum atomic E-state index is 9.86. The van der Waals surface area contributed by atoms with Crippen LogP contribution in [-0.4, -0.2) is 21.8 Å². The van der Waals surface area contributed by atoms with Crippen LogP contribution in [0.4, 0.5) is 0 Å². The van der Waals surface area contributed by atoms with Crippen LogP contribution in [0.3, 0.4) is 0 Å². The van der Waals surface area contributed by atoms with Crippen LogP contribution in [0, 0.1) is 5.92 Å². The molecule has 1 aromatic heterocycles. The van der Waals surface area contributed by atoms with Crippen molar-refractivity contribution in [2.75, 3.05) is 6.61 Å². The van der Waals surface area contributed by atoms with Crippen molar-refractivity contribution in [2.24, 2.45) is 5.92 Å². The average molecular weight is 193 g/mol. The Morgan fingerprint density at radius 2 is 2.36 bits per heavy atom. The number of hydrogen-bond donors (Lipinski definition) is 2. The molecule has 0 saturated carbocycles. The summed E-state index contributed by atoms with van der Waals surface area (Å²) in [6.07, 6.45) is 4.87. The molecule has 3 nitrogen and oxygen atoms in total. The molecule has 2 N–H and O–H groups in total. The third kappa shape index (κ3) is 2.65. The fraction of sp³-hybridized carbons (Fsp3) is 0.364. The van der Waals surface area contributed by atoms with Gasteiger partial charge in [0.15, 0.2) is 0 Å². The van der Waals surface area contributed by atoms with Crippen molar-refractivity contribution in [1.82, 2.24) is 4.98 Å². The number of aliphatic hydroxyl groups is 2. The predicted octanol–water partition coefficient (Wildman–Crippen LogP) is 1.30. The lowest BCUT2D eigenvalue weighted by molar-refractivity contribution is 0.0682. The number of aliphatic hydroxyl groups excluding tert-OH is 2. The van der Waals surface area contributed by atoms with Crippen LogP contribution in [0.15, 0.2) is 37.2 Å². The van der Waals surface area contributed by atoms with E-state index in [2.05, 4.69) is 11.6 Å². The monoisotopic (exact) mass is 193 g/mol. The first-order chi connectivity index (χ1) is 6.79. The molecule has 0 radical (unpaired) electrons. The first-order valence-electron chi connectivity index (χ1n) is 4.59. The lowest BCUT2D eigenvalue weighted by Gasteiger charge is -2.19. The molecule has 1 heterocycles. The van der Waals surface area contributed by atoms with Gasteiger partial charge >= 0.3 is 0 Å². The summed E-state index contributed by atoms with van der Waals surface area (Å²) in [4.78, 5) is 3.92. The first-order valence-corrected chi connectivity index (χ1v) is 4.59. The van der Waals surface area contributed by atoms with Gasteiger partial charge in [0.25, 0.3) is 0 Å². The highest BCUT2D eigenvalue weighted by Crippen LogP contribution is 2.23. The number of hydrogen-bond acceptors (Lipinski definition) is 3. The molecule has 1 aromatic rings. The smallest absolute Gasteiger partial charge is 0.0857 e. The zero-order valence-electron chi connectivity index (χ0n) is 8.00. The molecular weight excluding hydrogens is 178 g/mol. The van der Waals surface area contributed by atoms with Gasteiger partial charge in [-0.15, -0.1) is 6.58 Å². The minimum absolute atomic E-state index is 0.0535. The summed E-state index contributed by atoms with van der Waals surface area (Å²) >= 11 is 0. The Balaban J connectivity index is 2.72. The van der Waals surface area contributed by atoms with Crippen molar-refractivity contribution in [1.29, 1.82) is 0 Å². The van der Waals surface area contributed by atoms with E-state index >= 15 is 0 Å². The van der Waals surface area contributed by atoms with Gasteiger partial charge in [0.1, 0.15) is 0 Å². The molecule has 0 aliphatic rings. The fourth-order valence-electron chi connectivity index (χ4n) is 1.34. The normalized spacial score (nSPS) is 14.7. The van der Waals surface area contributed by atoms with E-state index in [1.54, 1.807) is 30.6 Å². The van der Waals surface area contributed by atoms with Crippen LogP contribution in [0.1, 0.15) is 18.1 Å². The molecule has 14 heavy (non-hydrogen) atoms. The van der Waals surface area contributed by atoms with Crippen molar-refractivity contribution < 1.29 is 10.2 Å². The minimum Gasteiger partial charge on any atom is -0.396 e. The summed E-state index contributed by atoms with van der Waals surface area (Å²) in [7, 11) is 0. The summed E-state index contributed by atoms with van der Waals surface area (Å²) in [5.74, 6) is -0.198. The Labute approximate surface area is 83.7 Å². The number of pyridine rings is 1. The molecule has 0 bridgehead atoms. The minimum atomic E-state index is -0.674. The van der Waals surface area contributed by atoms with Crippen molar-refractivity contribution in [3.63, 3.8) is 0 Å². The maximum Gasteiger partial charge on any atom is 0.0857 e. The zero-order valence-corrected chi connectivity index (χ0v) is 8.00. The Hall–Kier alpha value is -1.19. The Kier molecular flexibility index (Phi) is 4.29. The average Bonchev–Trinajstić information content (AvgIpc) is 2.26. The topological polar surface area (TPSA) is 53.4 Å². The van der Waals surface area contributed by atoms with E-state index in [0.29, 0.717) is 6.42 Å². The van der Waals surface area contributed by atoms with Crippen LogP contribution in [-0.2, 0) is 0 Å². The van der Waals surface area contributed by atoms with Crippen LogP contribution in [0.2, 0.25) is 0 Å². The molecule has 0 aliphatic carbocycles. The molecule has 0 aromatic carbocycles. The van der Waals surface area contributed by atoms with Gasteiger partial charge in [-0.25, -0.2) is 0 Å². The van der Waals surface area contributed by atoms with Gasteiger partial charge in [0.05, 0.1) is 6.10 Å². The molecule has 2 atom stereocenters. The Bertz CT molecular complexity index is 274. The van der Waals surface area contributed by atoms with Gasteiger partial charge in [0, 0.05) is 24.9 Å². The number of allylic oxidation sites excluding steroid dienone is 1. The van der Waals surface area contributed by atoms with Gasteiger partial charge in [0.2, 0.25) is 0 Å². The highest BCUT2D eigenvalue weighted by Gasteiger charge is 2.18. The van der Waals surface area contributed by atoms with Crippen LogP contribution >= 0.6 is 0 Å². The molecule has 0 aliphatic heterocycles. The van der Waals surface area contributed by atoms with Gasteiger partial charge in [-0.2, -0.15) is 0 Å². The van der Waals surface area contributed by atoms with Crippen molar-refractivity contribution in [3.8, 4) is 0 Å². The second-order valence-electron chi connectivity index (χ2n) is 3.20. The highest BCUT2D eigenvalue weighted by atomic mass is 16.3. The predicted molar refractivity (Wildman–Crippen MR) is 54.6 cm³/mol. The summed E-state index contributed by atoms with van der Waals surface area (Å²) in [6, 6.07) is 3.56. The van der Waals surface area contributed by atoms with E-state index in [-0.39, 0.29) is 12.5 Å². The molecule has 1 rings (SSSR count). The summed E-state index contributed by atoms with van der Waals surface area (Å²) in [5, 5.41) is 18.9. The van der Waals surface area contributed by atoms with Gasteiger partial charge in [-0.3, -0.25) is 4.98 Å².